The SMILES string of the molecule is Cc1ccc(S(=O)(=O)c2ccc3cc(C)ccc3n2)cc1. The summed E-state index contributed by atoms with van der Waals surface area (Å²) in [6.45, 7) is 3.92. The molecule has 0 N–H and O–H groups in total. The molecule has 4 heteroatoms. The fourth-order valence-corrected chi connectivity index (χ4v) is 3.42. The smallest absolute Gasteiger partial charge is 0.223 e. The Labute approximate surface area is 124 Å². The van der Waals surface area contributed by atoms with E-state index in [9.17, 15) is 8.42 Å². The predicted octanol–water partition coefficient (Wildman–Crippen LogP) is 3.68. The van der Waals surface area contributed by atoms with E-state index in [1.807, 2.05) is 32.0 Å². The molecular formula is C17H15NO2S. The van der Waals surface area contributed by atoms with Gasteiger partial charge < -0.3 is 0 Å². The first-order chi connectivity index (χ1) is 9.96. The Balaban J connectivity index is 2.14. The molecule has 0 aliphatic carbocycles. The molecule has 0 saturated heterocycles. The number of hydrogen-bond acceptors (Lipinski definition) is 3. The van der Waals surface area contributed by atoms with Crippen LogP contribution in [0.5, 0.6) is 0 Å². The zero-order valence-corrected chi connectivity index (χ0v) is 12.7. The van der Waals surface area contributed by atoms with Crippen molar-refractivity contribution in [3.63, 3.8) is 0 Å². The number of nitrogens with zero attached hydrogens (tertiary/aromatic N) is 1. The minimum Gasteiger partial charge on any atom is -0.236 e. The second kappa shape index (κ2) is 4.97. The van der Waals surface area contributed by atoms with Crippen LogP contribution < -0.4 is 0 Å². The summed E-state index contributed by atoms with van der Waals surface area (Å²) in [7, 11) is -3.57. The molecule has 0 saturated carbocycles. The average Bonchev–Trinajstić information content (AvgIpc) is 2.47. The molecule has 0 unspecified atom stereocenters. The van der Waals surface area contributed by atoms with Gasteiger partial charge in [0, 0.05) is 5.39 Å². The van der Waals surface area contributed by atoms with Crippen LogP contribution in [0.1, 0.15) is 11.1 Å². The Morgan fingerprint density at radius 2 is 1.48 bits per heavy atom. The predicted molar refractivity (Wildman–Crippen MR) is 83.1 cm³/mol. The van der Waals surface area contributed by atoms with Crippen molar-refractivity contribution in [2.24, 2.45) is 0 Å². The molecule has 3 rings (SSSR count). The maximum absolute atomic E-state index is 12.6. The number of aromatic nitrogens is 1. The molecule has 106 valence electrons. The van der Waals surface area contributed by atoms with Gasteiger partial charge >= 0.3 is 0 Å². The summed E-state index contributed by atoms with van der Waals surface area (Å²) in [5.41, 5.74) is 2.84. The molecule has 0 fully saturated rings. The summed E-state index contributed by atoms with van der Waals surface area (Å²) >= 11 is 0. The zero-order chi connectivity index (χ0) is 15.0. The lowest BCUT2D eigenvalue weighted by Gasteiger charge is -2.06. The van der Waals surface area contributed by atoms with E-state index >= 15 is 0 Å². The van der Waals surface area contributed by atoms with Gasteiger partial charge in [-0.15, -0.1) is 0 Å². The third-order valence-electron chi connectivity index (χ3n) is 3.43. The standard InChI is InChI=1S/C17H15NO2S/c1-12-3-7-15(8-4-12)21(19,20)17-10-6-14-11-13(2)5-9-16(14)18-17/h3-11H,1-2H3. The maximum Gasteiger partial charge on any atom is 0.223 e. The van der Waals surface area contributed by atoms with E-state index in [4.69, 9.17) is 0 Å². The minimum atomic E-state index is -3.57. The summed E-state index contributed by atoms with van der Waals surface area (Å²) < 4.78 is 25.2. The molecule has 2 aromatic carbocycles. The van der Waals surface area contributed by atoms with Gasteiger partial charge in [0.1, 0.15) is 0 Å². The summed E-state index contributed by atoms with van der Waals surface area (Å²) in [6, 6.07) is 15.9. The molecule has 21 heavy (non-hydrogen) atoms. The van der Waals surface area contributed by atoms with E-state index < -0.39 is 9.84 Å². The molecule has 3 aromatic rings. The quantitative estimate of drug-likeness (QED) is 0.725. The molecular weight excluding hydrogens is 282 g/mol. The summed E-state index contributed by atoms with van der Waals surface area (Å²) in [6.07, 6.45) is 0. The number of rotatable bonds is 2. The first-order valence-electron chi connectivity index (χ1n) is 6.66. The summed E-state index contributed by atoms with van der Waals surface area (Å²) in [4.78, 5) is 4.57. The van der Waals surface area contributed by atoms with Crippen LogP contribution in [0.2, 0.25) is 0 Å². The van der Waals surface area contributed by atoms with Crippen LogP contribution in [0.15, 0.2) is 64.5 Å². The van der Waals surface area contributed by atoms with E-state index in [0.29, 0.717) is 5.52 Å². The van der Waals surface area contributed by atoms with Crippen molar-refractivity contribution in [2.75, 3.05) is 0 Å². The number of aryl methyl sites for hydroxylation is 2. The van der Waals surface area contributed by atoms with Crippen LogP contribution in [0.3, 0.4) is 0 Å². The van der Waals surface area contributed by atoms with Crippen LogP contribution in [0.25, 0.3) is 10.9 Å². The Morgan fingerprint density at radius 1 is 0.810 bits per heavy atom. The molecule has 0 aliphatic heterocycles. The zero-order valence-electron chi connectivity index (χ0n) is 11.9. The number of benzene rings is 2. The average molecular weight is 297 g/mol. The molecule has 0 bridgehead atoms. The van der Waals surface area contributed by atoms with Crippen LogP contribution >= 0.6 is 0 Å². The van der Waals surface area contributed by atoms with Crippen LogP contribution in [-0.4, -0.2) is 13.4 Å². The normalized spacial score (nSPS) is 11.7. The Hall–Kier alpha value is -2.20. The monoisotopic (exact) mass is 297 g/mol. The van der Waals surface area contributed by atoms with Gasteiger partial charge in [0.05, 0.1) is 10.4 Å². The van der Waals surface area contributed by atoms with Crippen molar-refractivity contribution in [1.29, 1.82) is 0 Å². The second-order valence-electron chi connectivity index (χ2n) is 5.16. The van der Waals surface area contributed by atoms with Crippen molar-refractivity contribution < 1.29 is 8.42 Å². The number of hydrogen-bond donors (Lipinski definition) is 0. The van der Waals surface area contributed by atoms with E-state index in [-0.39, 0.29) is 9.92 Å². The molecule has 1 aromatic heterocycles. The van der Waals surface area contributed by atoms with Gasteiger partial charge in [-0.1, -0.05) is 29.3 Å². The van der Waals surface area contributed by atoms with Crippen molar-refractivity contribution in [3.8, 4) is 0 Å². The van der Waals surface area contributed by atoms with E-state index in [2.05, 4.69) is 4.98 Å². The molecule has 3 nitrogen and oxygen atoms in total. The van der Waals surface area contributed by atoms with Gasteiger partial charge in [0.2, 0.25) is 9.84 Å². The van der Waals surface area contributed by atoms with Crippen LogP contribution in [0.4, 0.5) is 0 Å². The first-order valence-corrected chi connectivity index (χ1v) is 8.14. The number of pyridine rings is 1. The maximum atomic E-state index is 12.6. The van der Waals surface area contributed by atoms with E-state index in [0.717, 1.165) is 16.5 Å². The highest BCUT2D eigenvalue weighted by atomic mass is 32.2. The third-order valence-corrected chi connectivity index (χ3v) is 5.10. The molecule has 1 heterocycles. The lowest BCUT2D eigenvalue weighted by atomic mass is 10.1. The van der Waals surface area contributed by atoms with Crippen LogP contribution in [0, 0.1) is 13.8 Å². The molecule has 0 atom stereocenters. The fourth-order valence-electron chi connectivity index (χ4n) is 2.21. The highest BCUT2D eigenvalue weighted by molar-refractivity contribution is 7.91. The van der Waals surface area contributed by atoms with Crippen molar-refractivity contribution in [2.45, 2.75) is 23.8 Å². The third kappa shape index (κ3) is 2.54. The van der Waals surface area contributed by atoms with E-state index in [1.54, 1.807) is 36.4 Å². The molecule has 0 radical (unpaired) electrons. The Kier molecular flexibility index (Phi) is 3.26. The highest BCUT2D eigenvalue weighted by Crippen LogP contribution is 2.22. The van der Waals surface area contributed by atoms with E-state index in [1.165, 1.54) is 0 Å². The fraction of sp³-hybridized carbons (Fsp3) is 0.118. The molecule has 0 amide bonds. The highest BCUT2D eigenvalue weighted by Gasteiger charge is 2.19. The summed E-state index contributed by atoms with van der Waals surface area (Å²) in [5, 5.41) is 1.03. The second-order valence-corrected chi connectivity index (χ2v) is 7.06. The topological polar surface area (TPSA) is 47.0 Å². The minimum absolute atomic E-state index is 0.0858. The largest absolute Gasteiger partial charge is 0.236 e. The summed E-state index contributed by atoms with van der Waals surface area (Å²) in [5.74, 6) is 0. The molecule has 0 spiro atoms. The van der Waals surface area contributed by atoms with Crippen LogP contribution in [-0.2, 0) is 9.84 Å². The Morgan fingerprint density at radius 3 is 2.19 bits per heavy atom. The lowest BCUT2D eigenvalue weighted by Crippen LogP contribution is -2.04. The number of sulfone groups is 1. The number of fused-ring (bicyclic) bond motifs is 1. The Bertz CT molecular complexity index is 913. The molecule has 0 aliphatic rings. The van der Waals surface area contributed by atoms with Crippen molar-refractivity contribution in [3.05, 3.63) is 65.7 Å². The van der Waals surface area contributed by atoms with Gasteiger partial charge in [-0.3, -0.25) is 0 Å². The van der Waals surface area contributed by atoms with Gasteiger partial charge in [0.15, 0.2) is 5.03 Å². The van der Waals surface area contributed by atoms with Crippen molar-refractivity contribution >= 4 is 20.7 Å². The lowest BCUT2D eigenvalue weighted by molar-refractivity contribution is 0.593. The van der Waals surface area contributed by atoms with Gasteiger partial charge in [0.25, 0.3) is 0 Å². The first kappa shape index (κ1) is 13.8. The van der Waals surface area contributed by atoms with Gasteiger partial charge in [-0.05, 0) is 50.2 Å². The van der Waals surface area contributed by atoms with Crippen molar-refractivity contribution in [1.82, 2.24) is 4.98 Å². The van der Waals surface area contributed by atoms with Gasteiger partial charge in [-0.25, -0.2) is 13.4 Å². The van der Waals surface area contributed by atoms with Gasteiger partial charge in [-0.2, -0.15) is 0 Å².